The van der Waals surface area contributed by atoms with E-state index in [9.17, 15) is 9.59 Å². The first kappa shape index (κ1) is 21.0. The summed E-state index contributed by atoms with van der Waals surface area (Å²) in [5.41, 5.74) is 1.80. The molecule has 5 heteroatoms. The van der Waals surface area contributed by atoms with Gasteiger partial charge in [-0.2, -0.15) is 0 Å². The Morgan fingerprint density at radius 3 is 2.28 bits per heavy atom. The van der Waals surface area contributed by atoms with Gasteiger partial charge in [-0.3, -0.25) is 4.79 Å². The van der Waals surface area contributed by atoms with Gasteiger partial charge in [0.15, 0.2) is 13.2 Å². The SMILES string of the molecule is Cc1cccc(OCC(=O)OCC(=O)NC(C)(C)CC(C)(C)C)c1C. The summed E-state index contributed by atoms with van der Waals surface area (Å²) >= 11 is 0. The van der Waals surface area contributed by atoms with Crippen molar-refractivity contribution >= 4 is 11.9 Å². The molecular weight excluding hydrogens is 318 g/mol. The second-order valence-electron chi connectivity index (χ2n) is 8.32. The minimum Gasteiger partial charge on any atom is -0.482 e. The highest BCUT2D eigenvalue weighted by atomic mass is 16.6. The van der Waals surface area contributed by atoms with Crippen molar-refractivity contribution in [3.8, 4) is 5.75 Å². The van der Waals surface area contributed by atoms with E-state index in [-0.39, 0.29) is 30.1 Å². The van der Waals surface area contributed by atoms with Crippen molar-refractivity contribution in [2.75, 3.05) is 13.2 Å². The molecule has 0 fully saturated rings. The molecule has 0 aliphatic carbocycles. The zero-order valence-electron chi connectivity index (χ0n) is 16.5. The molecule has 1 N–H and O–H groups in total. The number of nitrogens with one attached hydrogen (secondary N) is 1. The first-order chi connectivity index (χ1) is 11.4. The van der Waals surface area contributed by atoms with Crippen molar-refractivity contribution in [3.63, 3.8) is 0 Å². The fraction of sp³-hybridized carbons (Fsp3) is 0.600. The Balaban J connectivity index is 2.41. The molecule has 0 aliphatic rings. The summed E-state index contributed by atoms with van der Waals surface area (Å²) in [6, 6.07) is 5.65. The highest BCUT2D eigenvalue weighted by Gasteiger charge is 2.27. The summed E-state index contributed by atoms with van der Waals surface area (Å²) in [6.45, 7) is 13.7. The lowest BCUT2D eigenvalue weighted by molar-refractivity contribution is -0.151. The Morgan fingerprint density at radius 2 is 1.68 bits per heavy atom. The lowest BCUT2D eigenvalue weighted by Gasteiger charge is -2.33. The van der Waals surface area contributed by atoms with Gasteiger partial charge in [-0.1, -0.05) is 32.9 Å². The molecule has 0 aliphatic heterocycles. The average Bonchev–Trinajstić information content (AvgIpc) is 2.43. The van der Waals surface area contributed by atoms with Gasteiger partial charge in [0.25, 0.3) is 5.91 Å². The molecule has 0 spiro atoms. The van der Waals surface area contributed by atoms with Crippen molar-refractivity contribution < 1.29 is 19.1 Å². The molecule has 1 aromatic carbocycles. The highest BCUT2D eigenvalue weighted by molar-refractivity contribution is 5.81. The summed E-state index contributed by atoms with van der Waals surface area (Å²) < 4.78 is 10.5. The minimum absolute atomic E-state index is 0.0902. The zero-order chi connectivity index (χ0) is 19.3. The molecule has 0 aromatic heterocycles. The van der Waals surface area contributed by atoms with Crippen LogP contribution >= 0.6 is 0 Å². The molecule has 0 saturated carbocycles. The third-order valence-corrected chi connectivity index (χ3v) is 3.71. The zero-order valence-corrected chi connectivity index (χ0v) is 16.5. The van der Waals surface area contributed by atoms with Gasteiger partial charge in [-0.15, -0.1) is 0 Å². The summed E-state index contributed by atoms with van der Waals surface area (Å²) in [4.78, 5) is 23.8. The lowest BCUT2D eigenvalue weighted by Crippen LogP contribution is -2.47. The highest BCUT2D eigenvalue weighted by Crippen LogP contribution is 2.26. The Kier molecular flexibility index (Phi) is 7.03. The van der Waals surface area contributed by atoms with E-state index in [0.29, 0.717) is 5.75 Å². The number of aryl methyl sites for hydroxylation is 1. The van der Waals surface area contributed by atoms with Gasteiger partial charge in [0.1, 0.15) is 5.75 Å². The Labute approximate surface area is 151 Å². The number of rotatable bonds is 7. The second-order valence-corrected chi connectivity index (χ2v) is 8.32. The fourth-order valence-corrected chi connectivity index (χ4v) is 2.99. The number of benzene rings is 1. The maximum Gasteiger partial charge on any atom is 0.344 e. The third kappa shape index (κ3) is 8.05. The number of hydrogen-bond acceptors (Lipinski definition) is 4. The van der Waals surface area contributed by atoms with Crippen molar-refractivity contribution in [3.05, 3.63) is 29.3 Å². The van der Waals surface area contributed by atoms with E-state index in [0.717, 1.165) is 17.5 Å². The van der Waals surface area contributed by atoms with Crippen LogP contribution in [0.25, 0.3) is 0 Å². The Bertz CT molecular complexity index is 615. The largest absolute Gasteiger partial charge is 0.482 e. The average molecular weight is 349 g/mol. The number of amides is 1. The Hall–Kier alpha value is -2.04. The van der Waals surface area contributed by atoms with E-state index in [4.69, 9.17) is 9.47 Å². The maximum absolute atomic E-state index is 12.0. The van der Waals surface area contributed by atoms with E-state index < -0.39 is 5.97 Å². The molecule has 0 radical (unpaired) electrons. The van der Waals surface area contributed by atoms with E-state index in [2.05, 4.69) is 26.1 Å². The van der Waals surface area contributed by atoms with Gasteiger partial charge in [0.2, 0.25) is 0 Å². The van der Waals surface area contributed by atoms with Crippen molar-refractivity contribution in [1.82, 2.24) is 5.32 Å². The van der Waals surface area contributed by atoms with E-state index in [1.54, 1.807) is 6.07 Å². The van der Waals surface area contributed by atoms with Crippen molar-refractivity contribution in [2.45, 2.75) is 60.4 Å². The van der Waals surface area contributed by atoms with Crippen molar-refractivity contribution in [2.24, 2.45) is 5.41 Å². The predicted molar refractivity (Wildman–Crippen MR) is 98.7 cm³/mol. The number of carbonyl (C=O) groups is 2. The van der Waals surface area contributed by atoms with Crippen LogP contribution in [0.15, 0.2) is 18.2 Å². The monoisotopic (exact) mass is 349 g/mol. The van der Waals surface area contributed by atoms with Gasteiger partial charge in [0, 0.05) is 5.54 Å². The summed E-state index contributed by atoms with van der Waals surface area (Å²) in [5.74, 6) is -0.230. The van der Waals surface area contributed by atoms with Gasteiger partial charge in [0.05, 0.1) is 0 Å². The standard InChI is InChI=1S/C20H31NO4/c1-14-9-8-10-16(15(14)2)24-12-18(23)25-11-17(22)21-20(6,7)13-19(3,4)5/h8-10H,11-13H2,1-7H3,(H,21,22). The lowest BCUT2D eigenvalue weighted by atomic mass is 9.82. The third-order valence-electron chi connectivity index (χ3n) is 3.71. The van der Waals surface area contributed by atoms with Crippen LogP contribution in [-0.4, -0.2) is 30.6 Å². The van der Waals surface area contributed by atoms with Crippen LogP contribution in [0.2, 0.25) is 0 Å². The topological polar surface area (TPSA) is 64.6 Å². The van der Waals surface area contributed by atoms with Gasteiger partial charge >= 0.3 is 5.97 Å². The molecule has 1 rings (SSSR count). The maximum atomic E-state index is 12.0. The molecule has 0 bridgehead atoms. The van der Waals surface area contributed by atoms with Crippen LogP contribution in [-0.2, 0) is 14.3 Å². The first-order valence-corrected chi connectivity index (χ1v) is 8.55. The van der Waals surface area contributed by atoms with Crippen molar-refractivity contribution in [1.29, 1.82) is 0 Å². The molecule has 0 heterocycles. The van der Waals surface area contributed by atoms with Gasteiger partial charge in [-0.05, 0) is 56.7 Å². The molecule has 5 nitrogen and oxygen atoms in total. The van der Waals surface area contributed by atoms with Gasteiger partial charge in [-0.25, -0.2) is 4.79 Å². The van der Waals surface area contributed by atoms with Crippen LogP contribution in [0.1, 0.15) is 52.2 Å². The van der Waals surface area contributed by atoms with Crippen LogP contribution in [0, 0.1) is 19.3 Å². The minimum atomic E-state index is -0.565. The summed E-state index contributed by atoms with van der Waals surface area (Å²) in [5, 5.41) is 2.90. The molecular formula is C20H31NO4. The fourth-order valence-electron chi connectivity index (χ4n) is 2.99. The normalized spacial score (nSPS) is 11.8. The quantitative estimate of drug-likeness (QED) is 0.765. The number of esters is 1. The molecule has 0 saturated heterocycles. The molecule has 25 heavy (non-hydrogen) atoms. The van der Waals surface area contributed by atoms with Crippen LogP contribution in [0.4, 0.5) is 0 Å². The number of ether oxygens (including phenoxy) is 2. The predicted octanol–water partition coefficient (Wildman–Crippen LogP) is 3.56. The van der Waals surface area contributed by atoms with E-state index in [1.165, 1.54) is 0 Å². The summed E-state index contributed by atoms with van der Waals surface area (Å²) in [7, 11) is 0. The Morgan fingerprint density at radius 1 is 1.04 bits per heavy atom. The van der Waals surface area contributed by atoms with Crippen LogP contribution in [0.3, 0.4) is 0 Å². The molecule has 1 aromatic rings. The number of carbonyl (C=O) groups excluding carboxylic acids is 2. The van der Waals surface area contributed by atoms with Crippen LogP contribution < -0.4 is 10.1 Å². The smallest absolute Gasteiger partial charge is 0.344 e. The van der Waals surface area contributed by atoms with Crippen LogP contribution in [0.5, 0.6) is 5.75 Å². The number of hydrogen-bond donors (Lipinski definition) is 1. The van der Waals surface area contributed by atoms with E-state index in [1.807, 2.05) is 39.8 Å². The van der Waals surface area contributed by atoms with Gasteiger partial charge < -0.3 is 14.8 Å². The van der Waals surface area contributed by atoms with E-state index >= 15 is 0 Å². The molecule has 1 amide bonds. The molecule has 140 valence electrons. The molecule has 0 atom stereocenters. The summed E-state index contributed by atoms with van der Waals surface area (Å²) in [6.07, 6.45) is 0.815. The second kappa shape index (κ2) is 8.37. The first-order valence-electron chi connectivity index (χ1n) is 8.55. The molecule has 0 unspecified atom stereocenters.